The lowest BCUT2D eigenvalue weighted by Crippen LogP contribution is -2.31. The van der Waals surface area contributed by atoms with Crippen molar-refractivity contribution in [3.05, 3.63) is 28.3 Å². The van der Waals surface area contributed by atoms with Gasteiger partial charge in [0.05, 0.1) is 10.6 Å². The molecule has 2 aliphatic rings. The normalized spacial score (nSPS) is 21.7. The minimum absolute atomic E-state index is 0. The number of hydrogen-bond acceptors (Lipinski definition) is 5. The molecule has 0 radical (unpaired) electrons. The van der Waals surface area contributed by atoms with Gasteiger partial charge in [-0.25, -0.2) is 0 Å². The van der Waals surface area contributed by atoms with Crippen LogP contribution in [0.15, 0.2) is 18.2 Å². The van der Waals surface area contributed by atoms with Crippen LogP contribution in [0.4, 0.5) is 11.4 Å². The van der Waals surface area contributed by atoms with Gasteiger partial charge in [0.15, 0.2) is 0 Å². The lowest BCUT2D eigenvalue weighted by atomic mass is 9.92. The predicted molar refractivity (Wildman–Crippen MR) is 83.3 cm³/mol. The Bertz CT molecular complexity index is 602. The molecule has 1 aliphatic heterocycles. The van der Waals surface area contributed by atoms with Gasteiger partial charge in [-0.1, -0.05) is 0 Å². The number of nitro benzene ring substituents is 1. The van der Waals surface area contributed by atoms with E-state index in [2.05, 4.69) is 10.6 Å². The van der Waals surface area contributed by atoms with E-state index in [1.807, 2.05) is 0 Å². The topological polar surface area (TPSA) is 104 Å². The van der Waals surface area contributed by atoms with E-state index in [9.17, 15) is 20.0 Å². The Morgan fingerprint density at radius 3 is 2.73 bits per heavy atom. The summed E-state index contributed by atoms with van der Waals surface area (Å²) in [5.74, 6) is -0.375. The van der Waals surface area contributed by atoms with E-state index >= 15 is 0 Å². The minimum Gasteiger partial charge on any atom is -0.506 e. The van der Waals surface area contributed by atoms with Gasteiger partial charge in [-0.05, 0) is 43.8 Å². The van der Waals surface area contributed by atoms with Crippen LogP contribution >= 0.6 is 12.4 Å². The molecule has 120 valence electrons. The van der Waals surface area contributed by atoms with E-state index in [0.29, 0.717) is 0 Å². The van der Waals surface area contributed by atoms with Crippen molar-refractivity contribution in [3.8, 4) is 5.75 Å². The molecular weight excluding hydrogens is 310 g/mol. The van der Waals surface area contributed by atoms with Gasteiger partial charge in [-0.15, -0.1) is 12.4 Å². The Hall–Kier alpha value is -1.86. The average Bonchev–Trinajstić information content (AvgIpc) is 3.15. The van der Waals surface area contributed by atoms with Gasteiger partial charge in [0.1, 0.15) is 5.75 Å². The fourth-order valence-corrected chi connectivity index (χ4v) is 3.15. The summed E-state index contributed by atoms with van der Waals surface area (Å²) in [6.45, 7) is 1.84. The van der Waals surface area contributed by atoms with Crippen LogP contribution in [0, 0.1) is 21.4 Å². The van der Waals surface area contributed by atoms with Crippen LogP contribution in [0.25, 0.3) is 0 Å². The highest BCUT2D eigenvalue weighted by atomic mass is 35.5. The van der Waals surface area contributed by atoms with E-state index in [4.69, 9.17) is 0 Å². The Labute approximate surface area is 133 Å². The number of benzene rings is 1. The molecule has 1 heterocycles. The zero-order valence-electron chi connectivity index (χ0n) is 11.9. The monoisotopic (exact) mass is 327 g/mol. The van der Waals surface area contributed by atoms with Crippen molar-refractivity contribution in [2.75, 3.05) is 18.4 Å². The second-order valence-corrected chi connectivity index (χ2v) is 5.82. The summed E-state index contributed by atoms with van der Waals surface area (Å²) in [6.07, 6.45) is 2.81. The number of nitro groups is 1. The number of nitrogens with zero attached hydrogens (tertiary/aromatic N) is 1. The summed E-state index contributed by atoms with van der Waals surface area (Å²) in [6, 6.07) is 3.61. The summed E-state index contributed by atoms with van der Waals surface area (Å²) >= 11 is 0. The molecule has 1 aliphatic carbocycles. The number of halogens is 1. The van der Waals surface area contributed by atoms with Crippen LogP contribution in [0.5, 0.6) is 5.75 Å². The smallest absolute Gasteiger partial charge is 0.271 e. The molecule has 1 saturated carbocycles. The second-order valence-electron chi connectivity index (χ2n) is 5.82. The summed E-state index contributed by atoms with van der Waals surface area (Å²) in [5.41, 5.74) is 0.0340. The van der Waals surface area contributed by atoms with Crippen molar-refractivity contribution in [1.82, 2.24) is 5.32 Å². The summed E-state index contributed by atoms with van der Waals surface area (Å²) < 4.78 is 0. The predicted octanol–water partition coefficient (Wildman–Crippen LogP) is 2.05. The second kappa shape index (κ2) is 6.10. The molecule has 1 spiro atoms. The van der Waals surface area contributed by atoms with Crippen molar-refractivity contribution in [3.63, 3.8) is 0 Å². The lowest BCUT2D eigenvalue weighted by molar-refractivity contribution is -0.384. The van der Waals surface area contributed by atoms with E-state index in [-0.39, 0.29) is 46.8 Å². The van der Waals surface area contributed by atoms with E-state index < -0.39 is 4.92 Å². The first-order valence-corrected chi connectivity index (χ1v) is 7.01. The number of non-ortho nitro benzene ring substituents is 1. The van der Waals surface area contributed by atoms with Crippen LogP contribution in [0.1, 0.15) is 19.3 Å². The number of rotatable bonds is 3. The van der Waals surface area contributed by atoms with Gasteiger partial charge in [-0.2, -0.15) is 0 Å². The molecule has 7 nitrogen and oxygen atoms in total. The first-order chi connectivity index (χ1) is 10.0. The number of carbonyl (C=O) groups excluding carboxylic acids is 1. The molecule has 1 atom stereocenters. The molecule has 0 bridgehead atoms. The molecule has 1 aromatic carbocycles. The lowest BCUT2D eigenvalue weighted by Gasteiger charge is -2.23. The number of nitrogens with one attached hydrogen (secondary N) is 2. The van der Waals surface area contributed by atoms with Gasteiger partial charge in [-0.3, -0.25) is 14.9 Å². The number of piperidine rings is 1. The highest BCUT2D eigenvalue weighted by Crippen LogP contribution is 2.58. The first-order valence-electron chi connectivity index (χ1n) is 7.01. The average molecular weight is 328 g/mol. The third-order valence-electron chi connectivity index (χ3n) is 4.55. The highest BCUT2D eigenvalue weighted by molar-refractivity contribution is 5.96. The van der Waals surface area contributed by atoms with Crippen molar-refractivity contribution >= 4 is 29.7 Å². The molecule has 1 aromatic rings. The molecule has 1 amide bonds. The number of anilines is 1. The zero-order valence-corrected chi connectivity index (χ0v) is 12.7. The van der Waals surface area contributed by atoms with Crippen LogP contribution in [0.2, 0.25) is 0 Å². The number of carbonyl (C=O) groups is 1. The Morgan fingerprint density at radius 2 is 2.09 bits per heavy atom. The van der Waals surface area contributed by atoms with Crippen LogP contribution in [-0.2, 0) is 4.79 Å². The maximum absolute atomic E-state index is 12.3. The van der Waals surface area contributed by atoms with Crippen molar-refractivity contribution < 1.29 is 14.8 Å². The minimum atomic E-state index is -0.555. The third-order valence-corrected chi connectivity index (χ3v) is 4.55. The number of aromatic hydroxyl groups is 1. The Balaban J connectivity index is 0.00000176. The van der Waals surface area contributed by atoms with Crippen molar-refractivity contribution in [1.29, 1.82) is 0 Å². The first kappa shape index (κ1) is 16.5. The zero-order chi connectivity index (χ0) is 15.0. The fourth-order valence-electron chi connectivity index (χ4n) is 3.15. The summed E-state index contributed by atoms with van der Waals surface area (Å²) in [4.78, 5) is 22.5. The van der Waals surface area contributed by atoms with Crippen LogP contribution < -0.4 is 10.6 Å². The van der Waals surface area contributed by atoms with Crippen molar-refractivity contribution in [2.45, 2.75) is 19.3 Å². The van der Waals surface area contributed by atoms with Crippen LogP contribution in [0.3, 0.4) is 0 Å². The largest absolute Gasteiger partial charge is 0.506 e. The van der Waals surface area contributed by atoms with Crippen LogP contribution in [-0.4, -0.2) is 29.0 Å². The van der Waals surface area contributed by atoms with E-state index in [1.54, 1.807) is 0 Å². The van der Waals surface area contributed by atoms with Gasteiger partial charge < -0.3 is 15.7 Å². The molecule has 22 heavy (non-hydrogen) atoms. The highest BCUT2D eigenvalue weighted by Gasteiger charge is 2.57. The maximum atomic E-state index is 12.3. The number of amides is 1. The fraction of sp³-hybridized carbons (Fsp3) is 0.500. The number of phenols is 1. The van der Waals surface area contributed by atoms with Crippen molar-refractivity contribution in [2.24, 2.45) is 11.3 Å². The number of phenolic OH excluding ortho intramolecular Hbond substituents is 1. The van der Waals surface area contributed by atoms with E-state index in [0.717, 1.165) is 32.4 Å². The van der Waals surface area contributed by atoms with Gasteiger partial charge in [0, 0.05) is 18.1 Å². The molecular formula is C14H18ClN3O4. The Kier molecular flexibility index (Phi) is 4.58. The molecule has 0 aromatic heterocycles. The summed E-state index contributed by atoms with van der Waals surface area (Å²) in [5, 5.41) is 26.4. The SMILES string of the molecule is Cl.O=C(Nc1cc([N+](=O)[O-])ccc1O)C1CC12CCNCC2. The van der Waals surface area contributed by atoms with Gasteiger partial charge in [0.2, 0.25) is 5.91 Å². The molecule has 3 rings (SSSR count). The Morgan fingerprint density at radius 1 is 1.41 bits per heavy atom. The number of hydrogen-bond donors (Lipinski definition) is 3. The molecule has 1 unspecified atom stereocenters. The standard InChI is InChI=1S/C14H17N3O4.ClH/c18-12-2-1-9(17(20)21)7-11(12)16-13(19)10-8-14(10)3-5-15-6-4-14;/h1-2,7,10,15,18H,3-6,8H2,(H,16,19);1H. The van der Waals surface area contributed by atoms with E-state index in [1.165, 1.54) is 18.2 Å². The molecule has 3 N–H and O–H groups in total. The van der Waals surface area contributed by atoms with Gasteiger partial charge >= 0.3 is 0 Å². The molecule has 1 saturated heterocycles. The third kappa shape index (κ3) is 3.00. The quantitative estimate of drug-likeness (QED) is 0.448. The molecule has 8 heteroatoms. The summed E-state index contributed by atoms with van der Waals surface area (Å²) in [7, 11) is 0. The molecule has 2 fully saturated rings. The maximum Gasteiger partial charge on any atom is 0.271 e. The van der Waals surface area contributed by atoms with Gasteiger partial charge in [0.25, 0.3) is 5.69 Å².